The molecule has 4 fully saturated rings. The Balaban J connectivity index is 1.21. The predicted molar refractivity (Wildman–Crippen MR) is 110 cm³/mol. The number of carbonyl (C=O) groups excluding carboxylic acids is 1. The van der Waals surface area contributed by atoms with Crippen molar-refractivity contribution < 1.29 is 4.79 Å². The minimum Gasteiger partial charge on any atom is -0.353 e. The fourth-order valence-electron chi connectivity index (χ4n) is 6.13. The zero-order chi connectivity index (χ0) is 18.1. The van der Waals surface area contributed by atoms with Crippen LogP contribution in [0.2, 0.25) is 5.02 Å². The zero-order valence-electron chi connectivity index (χ0n) is 15.7. The third-order valence-electron chi connectivity index (χ3n) is 7.01. The van der Waals surface area contributed by atoms with Gasteiger partial charge < -0.3 is 5.32 Å². The molecule has 1 aromatic rings. The summed E-state index contributed by atoms with van der Waals surface area (Å²) in [5, 5.41) is 4.15. The molecular formula is C22H30ClNOS. The van der Waals surface area contributed by atoms with Crippen molar-refractivity contribution in [2.75, 3.05) is 5.75 Å². The van der Waals surface area contributed by atoms with Crippen LogP contribution in [0.15, 0.2) is 29.2 Å². The Bertz CT molecular complexity index is 609. The average Bonchev–Trinajstić information content (AvgIpc) is 2.59. The fourth-order valence-corrected chi connectivity index (χ4v) is 7.11. The Kier molecular flexibility index (Phi) is 5.57. The first kappa shape index (κ1) is 18.7. The molecule has 142 valence electrons. The van der Waals surface area contributed by atoms with Crippen LogP contribution in [0, 0.1) is 23.2 Å². The van der Waals surface area contributed by atoms with Gasteiger partial charge in [0.2, 0.25) is 5.91 Å². The number of halogens is 1. The van der Waals surface area contributed by atoms with E-state index < -0.39 is 0 Å². The van der Waals surface area contributed by atoms with Gasteiger partial charge in [-0.2, -0.15) is 0 Å². The highest BCUT2D eigenvalue weighted by molar-refractivity contribution is 7.99. The number of carbonyl (C=O) groups is 1. The molecule has 1 aromatic carbocycles. The Morgan fingerprint density at radius 3 is 2.31 bits per heavy atom. The van der Waals surface area contributed by atoms with Crippen LogP contribution in [0.3, 0.4) is 0 Å². The van der Waals surface area contributed by atoms with Gasteiger partial charge in [-0.15, -0.1) is 11.8 Å². The van der Waals surface area contributed by atoms with Crippen LogP contribution < -0.4 is 5.32 Å². The first-order chi connectivity index (χ1) is 12.5. The lowest BCUT2D eigenvalue weighted by Gasteiger charge is -2.59. The Labute approximate surface area is 166 Å². The number of thioether (sulfide) groups is 1. The molecule has 26 heavy (non-hydrogen) atoms. The summed E-state index contributed by atoms with van der Waals surface area (Å²) < 4.78 is 0. The quantitative estimate of drug-likeness (QED) is 0.460. The molecule has 5 rings (SSSR count). The van der Waals surface area contributed by atoms with Gasteiger partial charge in [-0.05, 0) is 105 Å². The van der Waals surface area contributed by atoms with Crippen LogP contribution in [0.25, 0.3) is 0 Å². The van der Waals surface area contributed by atoms with Gasteiger partial charge in [-0.25, -0.2) is 0 Å². The number of nitrogens with one attached hydrogen (secondary N) is 1. The summed E-state index contributed by atoms with van der Waals surface area (Å²) in [6.07, 6.45) is 10.0. The Morgan fingerprint density at radius 1 is 1.15 bits per heavy atom. The van der Waals surface area contributed by atoms with E-state index in [1.54, 1.807) is 11.8 Å². The van der Waals surface area contributed by atoms with E-state index in [9.17, 15) is 4.79 Å². The molecule has 0 unspecified atom stereocenters. The molecule has 4 saturated carbocycles. The van der Waals surface area contributed by atoms with Crippen molar-refractivity contribution in [3.05, 3.63) is 29.3 Å². The zero-order valence-corrected chi connectivity index (χ0v) is 17.2. The van der Waals surface area contributed by atoms with Crippen molar-refractivity contribution in [1.82, 2.24) is 5.32 Å². The molecule has 0 spiro atoms. The van der Waals surface area contributed by atoms with Gasteiger partial charge >= 0.3 is 0 Å². The van der Waals surface area contributed by atoms with Crippen molar-refractivity contribution in [3.8, 4) is 0 Å². The van der Waals surface area contributed by atoms with Crippen molar-refractivity contribution in [2.24, 2.45) is 23.2 Å². The lowest BCUT2D eigenvalue weighted by Crippen LogP contribution is -2.55. The molecule has 0 saturated heterocycles. The lowest BCUT2D eigenvalue weighted by atomic mass is 9.48. The highest BCUT2D eigenvalue weighted by Crippen LogP contribution is 2.61. The summed E-state index contributed by atoms with van der Waals surface area (Å²) in [6, 6.07) is 8.27. The molecule has 4 aliphatic carbocycles. The van der Waals surface area contributed by atoms with E-state index in [-0.39, 0.29) is 5.91 Å². The van der Waals surface area contributed by atoms with E-state index in [1.807, 2.05) is 24.3 Å². The van der Waals surface area contributed by atoms with Gasteiger partial charge in [0.1, 0.15) is 0 Å². The predicted octanol–water partition coefficient (Wildman–Crippen LogP) is 5.93. The van der Waals surface area contributed by atoms with Crippen molar-refractivity contribution in [2.45, 2.75) is 69.2 Å². The highest BCUT2D eigenvalue weighted by Gasteiger charge is 2.53. The number of rotatable bonds is 7. The molecule has 0 aliphatic heterocycles. The normalized spacial score (nSPS) is 33.2. The maximum absolute atomic E-state index is 12.5. The summed E-state index contributed by atoms with van der Waals surface area (Å²) in [7, 11) is 0. The van der Waals surface area contributed by atoms with Crippen molar-refractivity contribution >= 4 is 29.3 Å². The van der Waals surface area contributed by atoms with E-state index in [4.69, 9.17) is 11.6 Å². The molecule has 0 aromatic heterocycles. The van der Waals surface area contributed by atoms with Gasteiger partial charge in [0.25, 0.3) is 0 Å². The van der Waals surface area contributed by atoms with E-state index in [0.29, 0.717) is 17.9 Å². The van der Waals surface area contributed by atoms with E-state index in [2.05, 4.69) is 12.2 Å². The van der Waals surface area contributed by atoms with Gasteiger partial charge in [-0.1, -0.05) is 11.6 Å². The topological polar surface area (TPSA) is 29.1 Å². The SMILES string of the molecule is C[C@@H](NC(=O)CCCSc1ccc(Cl)cc1)C12CC3CC(CC(C3)C1)C2. The van der Waals surface area contributed by atoms with Crippen LogP contribution >= 0.6 is 23.4 Å². The number of hydrogen-bond donors (Lipinski definition) is 1. The Morgan fingerprint density at radius 2 is 1.73 bits per heavy atom. The minimum atomic E-state index is 0.241. The van der Waals surface area contributed by atoms with Crippen molar-refractivity contribution in [3.63, 3.8) is 0 Å². The summed E-state index contributed by atoms with van der Waals surface area (Å²) in [5.41, 5.74) is 0.405. The van der Waals surface area contributed by atoms with Gasteiger partial charge in [0.15, 0.2) is 0 Å². The monoisotopic (exact) mass is 391 g/mol. The largest absolute Gasteiger partial charge is 0.353 e. The first-order valence-electron chi connectivity index (χ1n) is 10.2. The van der Waals surface area contributed by atoms with Crippen LogP contribution in [0.4, 0.5) is 0 Å². The van der Waals surface area contributed by atoms with E-state index >= 15 is 0 Å². The van der Waals surface area contributed by atoms with Crippen LogP contribution in [-0.2, 0) is 4.79 Å². The first-order valence-corrected chi connectivity index (χ1v) is 11.6. The third-order valence-corrected chi connectivity index (χ3v) is 8.36. The number of hydrogen-bond acceptors (Lipinski definition) is 2. The van der Waals surface area contributed by atoms with Gasteiger partial charge in [-0.3, -0.25) is 4.79 Å². The smallest absolute Gasteiger partial charge is 0.220 e. The molecule has 0 radical (unpaired) electrons. The standard InChI is InChI=1S/C22H30ClNOS/c1-15(22-12-16-9-17(13-22)11-18(10-16)14-22)24-21(25)3-2-8-26-20-6-4-19(23)5-7-20/h4-7,15-18H,2-3,8-14H2,1H3,(H,24,25)/t15-,16?,17?,18?,22?/m1/s1. The highest BCUT2D eigenvalue weighted by atomic mass is 35.5. The molecule has 4 aliphatic rings. The van der Waals surface area contributed by atoms with Gasteiger partial charge in [0.05, 0.1) is 0 Å². The summed E-state index contributed by atoms with van der Waals surface area (Å²) in [6.45, 7) is 2.27. The maximum Gasteiger partial charge on any atom is 0.220 e. The maximum atomic E-state index is 12.5. The molecule has 2 nitrogen and oxygen atoms in total. The second-order valence-corrected chi connectivity index (χ2v) is 10.6. The molecule has 1 atom stereocenters. The van der Waals surface area contributed by atoms with E-state index in [0.717, 1.165) is 35.0 Å². The minimum absolute atomic E-state index is 0.241. The van der Waals surface area contributed by atoms with Crippen molar-refractivity contribution in [1.29, 1.82) is 0 Å². The molecular weight excluding hydrogens is 362 g/mol. The average molecular weight is 392 g/mol. The fraction of sp³-hybridized carbons (Fsp3) is 0.682. The lowest BCUT2D eigenvalue weighted by molar-refractivity contribution is -0.125. The molecule has 4 heteroatoms. The summed E-state index contributed by atoms with van der Waals surface area (Å²) in [5.74, 6) is 4.04. The Hall–Kier alpha value is -0.670. The summed E-state index contributed by atoms with van der Waals surface area (Å²) in [4.78, 5) is 13.7. The van der Waals surface area contributed by atoms with Crippen LogP contribution in [-0.4, -0.2) is 17.7 Å². The number of benzene rings is 1. The third kappa shape index (κ3) is 4.09. The number of amides is 1. The molecule has 0 heterocycles. The second kappa shape index (κ2) is 7.75. The molecule has 4 bridgehead atoms. The van der Waals surface area contributed by atoms with E-state index in [1.165, 1.54) is 43.4 Å². The molecule has 1 N–H and O–H groups in total. The molecule has 1 amide bonds. The van der Waals surface area contributed by atoms with Crippen LogP contribution in [0.1, 0.15) is 58.3 Å². The van der Waals surface area contributed by atoms with Crippen LogP contribution in [0.5, 0.6) is 0 Å². The van der Waals surface area contributed by atoms with Gasteiger partial charge in [0, 0.05) is 22.4 Å². The second-order valence-electron chi connectivity index (χ2n) is 8.98. The summed E-state index contributed by atoms with van der Waals surface area (Å²) >= 11 is 7.71.